The Hall–Kier alpha value is -1.48. The van der Waals surface area contributed by atoms with Gasteiger partial charge in [-0.2, -0.15) is 0 Å². The van der Waals surface area contributed by atoms with Gasteiger partial charge in [0, 0.05) is 18.0 Å². The minimum Gasteiger partial charge on any atom is -0.333 e. The Labute approximate surface area is 127 Å². The summed E-state index contributed by atoms with van der Waals surface area (Å²) in [6.45, 7) is 3.69. The van der Waals surface area contributed by atoms with Crippen LogP contribution in [-0.2, 0) is 19.4 Å². The molecule has 1 saturated heterocycles. The molecule has 0 bridgehead atoms. The molecule has 1 fully saturated rings. The summed E-state index contributed by atoms with van der Waals surface area (Å²) in [5, 5.41) is 2.83. The van der Waals surface area contributed by atoms with Crippen molar-refractivity contribution in [1.29, 1.82) is 0 Å². The Morgan fingerprint density at radius 3 is 2.52 bits per heavy atom. The van der Waals surface area contributed by atoms with Crippen LogP contribution in [0.25, 0.3) is 0 Å². The van der Waals surface area contributed by atoms with Gasteiger partial charge in [-0.15, -0.1) is 11.3 Å². The highest BCUT2D eigenvalue weighted by atomic mass is 32.2. The molecule has 0 aromatic carbocycles. The lowest BCUT2D eigenvalue weighted by molar-refractivity contribution is -0.143. The molecule has 0 aliphatic carbocycles. The van der Waals surface area contributed by atoms with E-state index in [9.17, 15) is 18.0 Å². The quantitative estimate of drug-likeness (QED) is 0.789. The second kappa shape index (κ2) is 5.72. The number of rotatable bonds is 2. The van der Waals surface area contributed by atoms with E-state index in [2.05, 4.69) is 10.3 Å². The zero-order chi connectivity index (χ0) is 15.8. The van der Waals surface area contributed by atoms with Crippen LogP contribution in [0.4, 0.5) is 5.13 Å². The molecule has 2 heterocycles. The smallest absolute Gasteiger partial charge is 0.315 e. The van der Waals surface area contributed by atoms with Gasteiger partial charge in [-0.25, -0.2) is 13.4 Å². The number of thiazole rings is 1. The van der Waals surface area contributed by atoms with Gasteiger partial charge < -0.3 is 4.90 Å². The average Bonchev–Trinajstić information content (AvgIpc) is 2.90. The van der Waals surface area contributed by atoms with E-state index in [0.717, 1.165) is 10.6 Å². The summed E-state index contributed by atoms with van der Waals surface area (Å²) in [6.07, 6.45) is 0.368. The first kappa shape index (κ1) is 15.9. The maximum Gasteiger partial charge on any atom is 0.315 e. The number of aromatic nitrogens is 1. The Kier molecular flexibility index (Phi) is 4.33. The maximum absolute atomic E-state index is 12.0. The van der Waals surface area contributed by atoms with Gasteiger partial charge in [0.05, 0.1) is 17.2 Å². The second-order valence-corrected chi connectivity index (χ2v) is 8.52. The molecule has 1 unspecified atom stereocenters. The van der Waals surface area contributed by atoms with Crippen molar-refractivity contribution in [3.63, 3.8) is 0 Å². The number of amides is 2. The van der Waals surface area contributed by atoms with E-state index in [-0.39, 0.29) is 11.5 Å². The minimum atomic E-state index is -3.10. The highest BCUT2D eigenvalue weighted by Crippen LogP contribution is 2.21. The molecule has 1 aromatic rings. The molecule has 1 aliphatic rings. The zero-order valence-corrected chi connectivity index (χ0v) is 13.7. The van der Waals surface area contributed by atoms with Gasteiger partial charge in [-0.1, -0.05) is 0 Å². The van der Waals surface area contributed by atoms with Crippen molar-refractivity contribution in [1.82, 2.24) is 9.88 Å². The van der Waals surface area contributed by atoms with E-state index < -0.39 is 27.7 Å². The van der Waals surface area contributed by atoms with Gasteiger partial charge in [0.15, 0.2) is 15.0 Å². The Balaban J connectivity index is 2.00. The van der Waals surface area contributed by atoms with E-state index in [1.165, 1.54) is 23.3 Å². The van der Waals surface area contributed by atoms with Crippen LogP contribution in [0.15, 0.2) is 0 Å². The highest BCUT2D eigenvalue weighted by molar-refractivity contribution is 7.91. The molecule has 2 rings (SSSR count). The predicted molar refractivity (Wildman–Crippen MR) is 80.0 cm³/mol. The van der Waals surface area contributed by atoms with Crippen LogP contribution < -0.4 is 5.32 Å². The third kappa shape index (κ3) is 3.59. The lowest BCUT2D eigenvalue weighted by Crippen LogP contribution is -2.43. The fraction of sp³-hybridized carbons (Fsp3) is 0.583. The minimum absolute atomic E-state index is 0.0573. The standard InChI is InChI=1S/C12H17N3O4S2/c1-7-8(2)20-12(13-7)14-10(16)11(17)15(3)9-4-5-21(18,19)6-9/h9H,4-6H2,1-3H3,(H,13,14,16). The summed E-state index contributed by atoms with van der Waals surface area (Å²) in [6, 6.07) is -0.437. The molecule has 0 radical (unpaired) electrons. The number of hydrogen-bond donors (Lipinski definition) is 1. The van der Waals surface area contributed by atoms with Crippen LogP contribution in [0.5, 0.6) is 0 Å². The van der Waals surface area contributed by atoms with Gasteiger partial charge in [0.2, 0.25) is 0 Å². The monoisotopic (exact) mass is 331 g/mol. The largest absolute Gasteiger partial charge is 0.333 e. The number of nitrogens with one attached hydrogen (secondary N) is 1. The van der Waals surface area contributed by atoms with Gasteiger partial charge >= 0.3 is 11.8 Å². The van der Waals surface area contributed by atoms with Crippen LogP contribution in [0.3, 0.4) is 0 Å². The molecule has 0 spiro atoms. The van der Waals surface area contributed by atoms with Crippen LogP contribution in [0, 0.1) is 13.8 Å². The van der Waals surface area contributed by atoms with Crippen molar-refractivity contribution in [2.45, 2.75) is 26.3 Å². The summed E-state index contributed by atoms with van der Waals surface area (Å²) >= 11 is 1.29. The van der Waals surface area contributed by atoms with E-state index in [1.54, 1.807) is 0 Å². The molecule has 0 saturated carbocycles. The third-order valence-corrected chi connectivity index (χ3v) is 6.26. The Morgan fingerprint density at radius 1 is 1.38 bits per heavy atom. The molecule has 1 N–H and O–H groups in total. The molecule has 7 nitrogen and oxygen atoms in total. The molecule has 1 aliphatic heterocycles. The van der Waals surface area contributed by atoms with Crippen LogP contribution in [0.2, 0.25) is 0 Å². The predicted octanol–water partition coefficient (Wildman–Crippen LogP) is 0.344. The van der Waals surface area contributed by atoms with Crippen molar-refractivity contribution in [2.24, 2.45) is 0 Å². The van der Waals surface area contributed by atoms with Gasteiger partial charge in [0.25, 0.3) is 0 Å². The van der Waals surface area contributed by atoms with Crippen molar-refractivity contribution in [3.05, 3.63) is 10.6 Å². The fourth-order valence-electron chi connectivity index (χ4n) is 2.08. The maximum atomic E-state index is 12.0. The summed E-state index contributed by atoms with van der Waals surface area (Å²) in [4.78, 5) is 30.2. The van der Waals surface area contributed by atoms with E-state index in [1.807, 2.05) is 13.8 Å². The highest BCUT2D eigenvalue weighted by Gasteiger charge is 2.34. The first-order valence-corrected chi connectivity index (χ1v) is 9.06. The van der Waals surface area contributed by atoms with E-state index >= 15 is 0 Å². The van der Waals surface area contributed by atoms with Crippen molar-refractivity contribution in [3.8, 4) is 0 Å². The Bertz CT molecular complexity index is 661. The van der Waals surface area contributed by atoms with Crippen LogP contribution >= 0.6 is 11.3 Å². The van der Waals surface area contributed by atoms with Crippen LogP contribution in [0.1, 0.15) is 17.0 Å². The molecular formula is C12H17N3O4S2. The van der Waals surface area contributed by atoms with Gasteiger partial charge in [-0.3, -0.25) is 14.9 Å². The number of anilines is 1. The SMILES string of the molecule is Cc1nc(NC(=O)C(=O)N(C)C2CCS(=O)(=O)C2)sc1C. The number of aryl methyl sites for hydroxylation is 2. The van der Waals surface area contributed by atoms with E-state index in [0.29, 0.717) is 11.6 Å². The topological polar surface area (TPSA) is 96.4 Å². The van der Waals surface area contributed by atoms with Crippen molar-refractivity contribution in [2.75, 3.05) is 23.9 Å². The summed E-state index contributed by atoms with van der Waals surface area (Å²) in [5.41, 5.74) is 0.804. The summed E-state index contributed by atoms with van der Waals surface area (Å²) in [7, 11) is -1.65. The molecule has 2 amide bonds. The third-order valence-electron chi connectivity index (χ3n) is 3.52. The second-order valence-electron chi connectivity index (χ2n) is 5.09. The van der Waals surface area contributed by atoms with Crippen molar-refractivity contribution >= 4 is 38.1 Å². The molecule has 1 atom stereocenters. The zero-order valence-electron chi connectivity index (χ0n) is 12.0. The molecule has 9 heteroatoms. The lowest BCUT2D eigenvalue weighted by Gasteiger charge is -2.22. The molecule has 116 valence electrons. The lowest BCUT2D eigenvalue weighted by atomic mass is 10.2. The number of sulfone groups is 1. The fourth-order valence-corrected chi connectivity index (χ4v) is 4.67. The summed E-state index contributed by atoms with van der Waals surface area (Å²) in [5.74, 6) is -1.57. The van der Waals surface area contributed by atoms with Gasteiger partial charge in [-0.05, 0) is 20.3 Å². The molecule has 21 heavy (non-hydrogen) atoms. The number of nitrogens with zero attached hydrogens (tertiary/aromatic N) is 2. The molecule has 1 aromatic heterocycles. The normalized spacial score (nSPS) is 20.2. The van der Waals surface area contributed by atoms with Gasteiger partial charge in [0.1, 0.15) is 0 Å². The summed E-state index contributed by atoms with van der Waals surface area (Å²) < 4.78 is 22.8. The Morgan fingerprint density at radius 2 is 2.05 bits per heavy atom. The molecular weight excluding hydrogens is 314 g/mol. The first-order valence-electron chi connectivity index (χ1n) is 6.42. The number of carbonyl (C=O) groups is 2. The van der Waals surface area contributed by atoms with E-state index in [4.69, 9.17) is 0 Å². The van der Waals surface area contributed by atoms with Crippen molar-refractivity contribution < 1.29 is 18.0 Å². The number of likely N-dealkylation sites (N-methyl/N-ethyl adjacent to an activating group) is 1. The van der Waals surface area contributed by atoms with Crippen LogP contribution in [-0.4, -0.2) is 54.7 Å². The number of carbonyl (C=O) groups excluding carboxylic acids is 2. The number of hydrogen-bond acceptors (Lipinski definition) is 6. The average molecular weight is 331 g/mol. The first-order chi connectivity index (χ1) is 9.69.